The molecule has 0 saturated heterocycles. The van der Waals surface area contributed by atoms with Crippen LogP contribution >= 0.6 is 7.82 Å². The molecular formula is C88H155NO8P+. The van der Waals surface area contributed by atoms with Gasteiger partial charge in [0.2, 0.25) is 0 Å². The van der Waals surface area contributed by atoms with Crippen molar-refractivity contribution in [2.75, 3.05) is 47.5 Å². The second-order valence-corrected chi connectivity index (χ2v) is 29.9. The van der Waals surface area contributed by atoms with Crippen molar-refractivity contribution < 1.29 is 42.1 Å². The fourth-order valence-electron chi connectivity index (χ4n) is 11.5. The summed E-state index contributed by atoms with van der Waals surface area (Å²) in [4.78, 5) is 36.0. The molecular weight excluding hydrogens is 1230 g/mol. The lowest BCUT2D eigenvalue weighted by Crippen LogP contribution is -2.37. The molecule has 98 heavy (non-hydrogen) atoms. The number of carbonyl (C=O) groups is 2. The standard InChI is InChI=1S/C88H154NO8P/c1-6-8-10-12-14-16-18-20-22-24-26-28-30-32-34-36-38-40-42-43-44-45-47-48-50-52-54-56-58-60-62-64-66-68-70-72-74-76-78-80-87(90)94-84-86(85-96-98(92,93)95-83-82-89(3,4)5)97-88(91)81-79-77-75-73-71-69-67-65-63-61-59-57-55-53-51-49-46-41-39-37-35-33-31-29-27-25-23-21-19-17-15-13-11-9-7-2/h9,11,15,17,21,23-24,26-27,29,33,35,39,41,49,51,55,57,61,63,67,69,86H,6-8,10,12-14,16,18-20,22,25,28,30-32,34,36-38,40,42-48,50,52-54,56,58-60,62,64-66,68,70-85H2,1-5H3/p+1/b11-9-,17-15-,23-21-,26-24-,29-27-,35-33-,41-39-,51-49-,57-55-,63-61-,69-67-. The van der Waals surface area contributed by atoms with Gasteiger partial charge in [0.1, 0.15) is 19.8 Å². The molecule has 2 unspecified atom stereocenters. The molecule has 0 bridgehead atoms. The molecule has 0 rings (SSSR count). The molecule has 0 amide bonds. The Morgan fingerprint density at radius 1 is 0.327 bits per heavy atom. The Kier molecular flexibility index (Phi) is 74.3. The highest BCUT2D eigenvalue weighted by Crippen LogP contribution is 2.43. The van der Waals surface area contributed by atoms with E-state index >= 15 is 0 Å². The van der Waals surface area contributed by atoms with Gasteiger partial charge in [-0.05, 0) is 116 Å². The third-order valence-electron chi connectivity index (χ3n) is 17.7. The van der Waals surface area contributed by atoms with Crippen molar-refractivity contribution in [3.05, 3.63) is 134 Å². The average molecular weight is 1390 g/mol. The number of hydrogen-bond acceptors (Lipinski definition) is 7. The highest BCUT2D eigenvalue weighted by molar-refractivity contribution is 7.47. The number of allylic oxidation sites excluding steroid dienone is 22. The fourth-order valence-corrected chi connectivity index (χ4v) is 12.2. The highest BCUT2D eigenvalue weighted by atomic mass is 31.2. The zero-order chi connectivity index (χ0) is 71.1. The van der Waals surface area contributed by atoms with Crippen molar-refractivity contribution in [3.63, 3.8) is 0 Å². The Hall–Kier alpha value is -3.85. The Morgan fingerprint density at radius 2 is 0.582 bits per heavy atom. The summed E-state index contributed by atoms with van der Waals surface area (Å²) >= 11 is 0. The van der Waals surface area contributed by atoms with Gasteiger partial charge >= 0.3 is 19.8 Å². The van der Waals surface area contributed by atoms with Crippen LogP contribution in [0.25, 0.3) is 0 Å². The fraction of sp³-hybridized carbons (Fsp3) is 0.727. The van der Waals surface area contributed by atoms with Crippen LogP contribution in [-0.4, -0.2) is 74.9 Å². The van der Waals surface area contributed by atoms with Gasteiger partial charge in [0.25, 0.3) is 0 Å². The van der Waals surface area contributed by atoms with Crippen LogP contribution in [0.1, 0.15) is 361 Å². The minimum atomic E-state index is -4.41. The number of phosphoric ester groups is 1. The molecule has 564 valence electrons. The maximum absolute atomic E-state index is 12.9. The van der Waals surface area contributed by atoms with Crippen LogP contribution in [0.4, 0.5) is 0 Å². The van der Waals surface area contributed by atoms with E-state index in [9.17, 15) is 19.0 Å². The molecule has 0 aromatic heterocycles. The highest BCUT2D eigenvalue weighted by Gasteiger charge is 2.27. The van der Waals surface area contributed by atoms with Crippen LogP contribution in [-0.2, 0) is 32.7 Å². The Balaban J connectivity index is 4.02. The molecule has 10 heteroatoms. The first-order chi connectivity index (χ1) is 48.0. The number of phosphoric acid groups is 1. The lowest BCUT2D eigenvalue weighted by molar-refractivity contribution is -0.870. The summed E-state index contributed by atoms with van der Waals surface area (Å²) in [5, 5.41) is 0. The van der Waals surface area contributed by atoms with Gasteiger partial charge in [-0.2, -0.15) is 0 Å². The number of likely N-dealkylation sites (N-methyl/N-ethyl adjacent to an activating group) is 1. The summed E-state index contributed by atoms with van der Waals surface area (Å²) in [5.74, 6) is -0.822. The minimum absolute atomic E-state index is 0.0211. The summed E-state index contributed by atoms with van der Waals surface area (Å²) in [5.41, 5.74) is 0. The number of esters is 2. The van der Waals surface area contributed by atoms with Gasteiger partial charge in [-0.3, -0.25) is 18.6 Å². The van der Waals surface area contributed by atoms with Crippen LogP contribution < -0.4 is 0 Å². The lowest BCUT2D eigenvalue weighted by Gasteiger charge is -2.24. The summed E-state index contributed by atoms with van der Waals surface area (Å²) in [6, 6.07) is 0. The predicted octanol–water partition coefficient (Wildman–Crippen LogP) is 27.5. The van der Waals surface area contributed by atoms with Gasteiger partial charge in [-0.25, -0.2) is 4.57 Å². The molecule has 0 radical (unpaired) electrons. The summed E-state index contributed by atoms with van der Waals surface area (Å²) < 4.78 is 34.8. The van der Waals surface area contributed by atoms with E-state index in [-0.39, 0.29) is 32.0 Å². The second kappa shape index (κ2) is 77.3. The van der Waals surface area contributed by atoms with Gasteiger partial charge in [-0.15, -0.1) is 0 Å². The Labute approximate surface area is 606 Å². The first kappa shape index (κ1) is 94.2. The van der Waals surface area contributed by atoms with Gasteiger partial charge in [0.05, 0.1) is 27.7 Å². The third kappa shape index (κ3) is 81.1. The molecule has 0 fully saturated rings. The quantitative estimate of drug-likeness (QED) is 0.0211. The molecule has 0 aromatic rings. The Bertz CT molecular complexity index is 2120. The van der Waals surface area contributed by atoms with Gasteiger partial charge in [-0.1, -0.05) is 366 Å². The van der Waals surface area contributed by atoms with E-state index in [1.165, 1.54) is 218 Å². The van der Waals surface area contributed by atoms with Crippen LogP contribution in [0.2, 0.25) is 0 Å². The molecule has 0 heterocycles. The van der Waals surface area contributed by atoms with E-state index < -0.39 is 26.5 Å². The van der Waals surface area contributed by atoms with Crippen LogP contribution in [0.3, 0.4) is 0 Å². The topological polar surface area (TPSA) is 108 Å². The zero-order valence-corrected chi connectivity index (χ0v) is 65.4. The smallest absolute Gasteiger partial charge is 0.462 e. The number of rotatable bonds is 75. The van der Waals surface area contributed by atoms with Crippen molar-refractivity contribution in [2.45, 2.75) is 367 Å². The van der Waals surface area contributed by atoms with Crippen LogP contribution in [0.5, 0.6) is 0 Å². The SMILES string of the molecule is CC/C=C\C/C=C\C/C=C\C/C=C\C/C=C\C/C=C\C/C=C\C/C=C\C/C=C\C/C=C\CCCCCCC(=O)OC(COC(=O)CCCCCCCCCCCCCCCCCCCCCCCCCCCCC/C=C\CCCCCCCCCC)COP(=O)(O)OCC[N+](C)(C)C. The van der Waals surface area contributed by atoms with Crippen molar-refractivity contribution >= 4 is 19.8 Å². The number of hydrogen-bond donors (Lipinski definition) is 1. The summed E-state index contributed by atoms with van der Waals surface area (Å²) in [6.07, 6.45) is 113. The molecule has 0 saturated carbocycles. The number of nitrogens with zero attached hydrogens (tertiary/aromatic N) is 1. The maximum atomic E-state index is 12.9. The molecule has 9 nitrogen and oxygen atoms in total. The molecule has 2 atom stereocenters. The van der Waals surface area contributed by atoms with E-state index in [1.807, 2.05) is 21.1 Å². The van der Waals surface area contributed by atoms with Crippen molar-refractivity contribution in [1.29, 1.82) is 0 Å². The number of unbranched alkanes of at least 4 members (excludes halogenated alkanes) is 39. The first-order valence-electron chi connectivity index (χ1n) is 40.9. The zero-order valence-electron chi connectivity index (χ0n) is 64.5. The maximum Gasteiger partial charge on any atom is 0.472 e. The van der Waals surface area contributed by atoms with E-state index in [2.05, 4.69) is 148 Å². The molecule has 1 N–H and O–H groups in total. The van der Waals surface area contributed by atoms with E-state index in [1.54, 1.807) is 0 Å². The van der Waals surface area contributed by atoms with Crippen molar-refractivity contribution in [1.82, 2.24) is 0 Å². The molecule has 0 aliphatic heterocycles. The van der Waals surface area contributed by atoms with Crippen molar-refractivity contribution in [2.24, 2.45) is 0 Å². The van der Waals surface area contributed by atoms with Gasteiger partial charge in [0, 0.05) is 12.8 Å². The normalized spacial score (nSPS) is 13.7. The molecule has 0 aromatic carbocycles. The lowest BCUT2D eigenvalue weighted by atomic mass is 10.0. The van der Waals surface area contributed by atoms with Gasteiger partial charge in [0.15, 0.2) is 6.10 Å². The number of carbonyl (C=O) groups excluding carboxylic acids is 2. The Morgan fingerprint density at radius 3 is 0.878 bits per heavy atom. The summed E-state index contributed by atoms with van der Waals surface area (Å²) in [6.45, 7) is 4.32. The minimum Gasteiger partial charge on any atom is -0.462 e. The number of ether oxygens (including phenoxy) is 2. The third-order valence-corrected chi connectivity index (χ3v) is 18.6. The second-order valence-electron chi connectivity index (χ2n) is 28.4. The monoisotopic (exact) mass is 1390 g/mol. The largest absolute Gasteiger partial charge is 0.472 e. The van der Waals surface area contributed by atoms with E-state index in [0.717, 1.165) is 109 Å². The van der Waals surface area contributed by atoms with Gasteiger partial charge < -0.3 is 18.9 Å². The predicted molar refractivity (Wildman–Crippen MR) is 427 cm³/mol. The average Bonchev–Trinajstić information content (AvgIpc) is 1.08. The van der Waals surface area contributed by atoms with E-state index in [4.69, 9.17) is 18.5 Å². The molecule has 0 aliphatic carbocycles. The van der Waals surface area contributed by atoms with E-state index in [0.29, 0.717) is 17.4 Å². The van der Waals surface area contributed by atoms with Crippen LogP contribution in [0, 0.1) is 0 Å². The number of quaternary nitrogens is 1. The van der Waals surface area contributed by atoms with Crippen LogP contribution in [0.15, 0.2) is 134 Å². The van der Waals surface area contributed by atoms with Crippen molar-refractivity contribution in [3.8, 4) is 0 Å². The molecule has 0 aliphatic rings. The molecule has 0 spiro atoms. The summed E-state index contributed by atoms with van der Waals surface area (Å²) in [7, 11) is 1.45. The first-order valence-corrected chi connectivity index (χ1v) is 42.4.